The lowest BCUT2D eigenvalue weighted by molar-refractivity contribution is 0.129. The van der Waals surface area contributed by atoms with Gasteiger partial charge in [-0.05, 0) is 49.6 Å². The lowest BCUT2D eigenvalue weighted by atomic mass is 9.70. The number of piperidine rings is 1. The van der Waals surface area contributed by atoms with E-state index < -0.39 is 0 Å². The Labute approximate surface area is 111 Å². The van der Waals surface area contributed by atoms with Crippen molar-refractivity contribution in [3.05, 3.63) is 35.9 Å². The van der Waals surface area contributed by atoms with E-state index in [1.807, 2.05) is 0 Å². The van der Waals surface area contributed by atoms with Gasteiger partial charge >= 0.3 is 0 Å². The normalized spacial score (nSPS) is 31.9. The van der Waals surface area contributed by atoms with Gasteiger partial charge in [0.2, 0.25) is 0 Å². The van der Waals surface area contributed by atoms with Gasteiger partial charge in [-0.25, -0.2) is 0 Å². The summed E-state index contributed by atoms with van der Waals surface area (Å²) >= 11 is 0. The van der Waals surface area contributed by atoms with Crippen molar-refractivity contribution in [1.29, 1.82) is 0 Å². The minimum atomic E-state index is 0.782. The van der Waals surface area contributed by atoms with E-state index >= 15 is 0 Å². The van der Waals surface area contributed by atoms with E-state index in [4.69, 9.17) is 0 Å². The summed E-state index contributed by atoms with van der Waals surface area (Å²) in [5, 5.41) is 3.79. The maximum Gasteiger partial charge on any atom is 0.0101 e. The first-order chi connectivity index (χ1) is 8.93. The average Bonchev–Trinajstić information content (AvgIpc) is 2.46. The van der Waals surface area contributed by atoms with Crippen LogP contribution in [0.4, 0.5) is 0 Å². The number of fused-ring (bicyclic) bond motifs is 1. The average molecular weight is 243 g/mol. The first-order valence-electron chi connectivity index (χ1n) is 7.71. The van der Waals surface area contributed by atoms with Gasteiger partial charge in [0.05, 0.1) is 0 Å². The molecule has 98 valence electrons. The minimum Gasteiger partial charge on any atom is -0.314 e. The molecule has 1 N–H and O–H groups in total. The van der Waals surface area contributed by atoms with Gasteiger partial charge in [-0.3, -0.25) is 0 Å². The van der Waals surface area contributed by atoms with Crippen LogP contribution >= 0.6 is 0 Å². The Morgan fingerprint density at radius 3 is 2.72 bits per heavy atom. The minimum absolute atomic E-state index is 0.782. The fourth-order valence-corrected chi connectivity index (χ4v) is 4.01. The first-order valence-corrected chi connectivity index (χ1v) is 7.71. The summed E-state index contributed by atoms with van der Waals surface area (Å²) in [4.78, 5) is 0. The van der Waals surface area contributed by atoms with Crippen LogP contribution in [0.3, 0.4) is 0 Å². The van der Waals surface area contributed by atoms with Crippen LogP contribution in [-0.2, 0) is 6.42 Å². The molecular formula is C17H25N. The van der Waals surface area contributed by atoms with Crippen molar-refractivity contribution in [1.82, 2.24) is 5.32 Å². The molecule has 18 heavy (non-hydrogen) atoms. The molecular weight excluding hydrogens is 218 g/mol. The lowest BCUT2D eigenvalue weighted by Crippen LogP contribution is -2.47. The molecule has 1 heterocycles. The number of benzene rings is 1. The maximum atomic E-state index is 3.79. The van der Waals surface area contributed by atoms with Gasteiger partial charge in [0.15, 0.2) is 0 Å². The van der Waals surface area contributed by atoms with Gasteiger partial charge in [-0.15, -0.1) is 0 Å². The van der Waals surface area contributed by atoms with Crippen LogP contribution in [0.1, 0.15) is 44.1 Å². The number of hydrogen-bond donors (Lipinski definition) is 1. The van der Waals surface area contributed by atoms with Crippen molar-refractivity contribution < 1.29 is 0 Å². The highest BCUT2D eigenvalue weighted by Crippen LogP contribution is 2.37. The maximum absolute atomic E-state index is 3.79. The van der Waals surface area contributed by atoms with Gasteiger partial charge in [0, 0.05) is 6.04 Å². The Balaban J connectivity index is 1.58. The monoisotopic (exact) mass is 243 g/mol. The molecule has 3 unspecified atom stereocenters. The van der Waals surface area contributed by atoms with E-state index in [1.165, 1.54) is 57.1 Å². The van der Waals surface area contributed by atoms with Gasteiger partial charge in [0.25, 0.3) is 0 Å². The van der Waals surface area contributed by atoms with E-state index in [-0.39, 0.29) is 0 Å². The van der Waals surface area contributed by atoms with Crippen molar-refractivity contribution in [2.75, 3.05) is 6.54 Å². The summed E-state index contributed by atoms with van der Waals surface area (Å²) < 4.78 is 0. The number of hydrogen-bond acceptors (Lipinski definition) is 1. The third kappa shape index (κ3) is 2.77. The van der Waals surface area contributed by atoms with Crippen LogP contribution in [0.2, 0.25) is 0 Å². The highest BCUT2D eigenvalue weighted by molar-refractivity contribution is 5.15. The molecule has 0 spiro atoms. The largest absolute Gasteiger partial charge is 0.314 e. The van der Waals surface area contributed by atoms with Crippen molar-refractivity contribution in [2.24, 2.45) is 11.8 Å². The second kappa shape index (κ2) is 5.88. The van der Waals surface area contributed by atoms with Crippen LogP contribution in [-0.4, -0.2) is 12.6 Å². The molecule has 1 aromatic rings. The van der Waals surface area contributed by atoms with E-state index in [2.05, 4.69) is 35.6 Å². The van der Waals surface area contributed by atoms with Gasteiger partial charge in [-0.2, -0.15) is 0 Å². The van der Waals surface area contributed by atoms with E-state index in [0.29, 0.717) is 0 Å². The molecule has 1 aliphatic carbocycles. The summed E-state index contributed by atoms with van der Waals surface area (Å²) in [6.07, 6.45) is 9.89. The molecule has 1 saturated heterocycles. The topological polar surface area (TPSA) is 12.0 Å². The molecule has 3 rings (SSSR count). The Morgan fingerprint density at radius 1 is 1.00 bits per heavy atom. The van der Waals surface area contributed by atoms with Crippen molar-refractivity contribution >= 4 is 0 Å². The SMILES string of the molecule is c1ccc(CCC2NCCC3CCCCC32)cc1. The van der Waals surface area contributed by atoms with Crippen LogP contribution in [0.25, 0.3) is 0 Å². The molecule has 3 atom stereocenters. The van der Waals surface area contributed by atoms with Crippen LogP contribution < -0.4 is 5.32 Å². The summed E-state index contributed by atoms with van der Waals surface area (Å²) in [5.74, 6) is 2.00. The Kier molecular flexibility index (Phi) is 3.99. The van der Waals surface area contributed by atoms with Crippen LogP contribution in [0.5, 0.6) is 0 Å². The standard InChI is InChI=1S/C17H25N/c1-2-6-14(7-3-1)10-11-17-16-9-5-4-8-15(16)12-13-18-17/h1-3,6-7,15-18H,4-5,8-13H2. The van der Waals surface area contributed by atoms with Crippen LogP contribution in [0.15, 0.2) is 30.3 Å². The summed E-state index contributed by atoms with van der Waals surface area (Å²) in [6, 6.07) is 11.7. The second-order valence-electron chi connectivity index (χ2n) is 6.08. The molecule has 0 radical (unpaired) electrons. The van der Waals surface area contributed by atoms with E-state index in [9.17, 15) is 0 Å². The Hall–Kier alpha value is -0.820. The number of rotatable bonds is 3. The van der Waals surface area contributed by atoms with Crippen molar-refractivity contribution in [3.63, 3.8) is 0 Å². The molecule has 1 aliphatic heterocycles. The Morgan fingerprint density at radius 2 is 1.83 bits per heavy atom. The molecule has 2 aliphatic rings. The number of aryl methyl sites for hydroxylation is 1. The molecule has 1 heteroatoms. The summed E-state index contributed by atoms with van der Waals surface area (Å²) in [5.41, 5.74) is 1.50. The highest BCUT2D eigenvalue weighted by Gasteiger charge is 2.34. The third-order valence-corrected chi connectivity index (χ3v) is 4.99. The zero-order chi connectivity index (χ0) is 12.2. The third-order valence-electron chi connectivity index (χ3n) is 4.99. The summed E-state index contributed by atoms with van der Waals surface area (Å²) in [7, 11) is 0. The molecule has 0 bridgehead atoms. The summed E-state index contributed by atoms with van der Waals surface area (Å²) in [6.45, 7) is 1.25. The quantitative estimate of drug-likeness (QED) is 0.851. The first kappa shape index (κ1) is 12.2. The number of nitrogens with one attached hydrogen (secondary N) is 1. The molecule has 1 aromatic carbocycles. The van der Waals surface area contributed by atoms with Crippen LogP contribution in [0, 0.1) is 11.8 Å². The van der Waals surface area contributed by atoms with Gasteiger partial charge in [-0.1, -0.05) is 49.6 Å². The molecule has 0 aromatic heterocycles. The van der Waals surface area contributed by atoms with Gasteiger partial charge < -0.3 is 5.32 Å². The fraction of sp³-hybridized carbons (Fsp3) is 0.647. The Bertz CT molecular complexity index is 357. The predicted molar refractivity (Wildman–Crippen MR) is 76.6 cm³/mol. The smallest absolute Gasteiger partial charge is 0.0101 e. The lowest BCUT2D eigenvalue weighted by Gasteiger charge is -2.42. The van der Waals surface area contributed by atoms with Crippen molar-refractivity contribution in [3.8, 4) is 0 Å². The molecule has 1 nitrogen and oxygen atoms in total. The fourth-order valence-electron chi connectivity index (χ4n) is 4.01. The molecule has 1 saturated carbocycles. The predicted octanol–water partition coefficient (Wildman–Crippen LogP) is 3.79. The van der Waals surface area contributed by atoms with Crippen molar-refractivity contribution in [2.45, 2.75) is 51.0 Å². The van der Waals surface area contributed by atoms with E-state index in [1.54, 1.807) is 0 Å². The molecule has 0 amide bonds. The van der Waals surface area contributed by atoms with Gasteiger partial charge in [0.1, 0.15) is 0 Å². The van der Waals surface area contributed by atoms with E-state index in [0.717, 1.165) is 17.9 Å². The zero-order valence-electron chi connectivity index (χ0n) is 11.3. The second-order valence-corrected chi connectivity index (χ2v) is 6.08. The molecule has 2 fully saturated rings. The highest BCUT2D eigenvalue weighted by atomic mass is 14.9. The zero-order valence-corrected chi connectivity index (χ0v) is 11.3.